The number of nitrogens with one attached hydrogen (secondary N) is 2. The van der Waals surface area contributed by atoms with Gasteiger partial charge in [-0.15, -0.1) is 0 Å². The third-order valence-electron chi connectivity index (χ3n) is 5.05. The highest BCUT2D eigenvalue weighted by Crippen LogP contribution is 2.19. The normalized spacial score (nSPS) is 13.3. The Bertz CT molecular complexity index is 929. The molecule has 0 radical (unpaired) electrons. The van der Waals surface area contributed by atoms with E-state index in [1.807, 2.05) is 0 Å². The summed E-state index contributed by atoms with van der Waals surface area (Å²) in [6.45, 7) is 2.11. The number of carbonyl (C=O) groups is 3. The van der Waals surface area contributed by atoms with E-state index < -0.39 is 0 Å². The predicted molar refractivity (Wildman–Crippen MR) is 114 cm³/mol. The van der Waals surface area contributed by atoms with Crippen LogP contribution in [0.1, 0.15) is 70.1 Å². The van der Waals surface area contributed by atoms with Crippen LogP contribution in [0, 0.1) is 0 Å². The summed E-state index contributed by atoms with van der Waals surface area (Å²) in [6.07, 6.45) is 7.96. The zero-order valence-corrected chi connectivity index (χ0v) is 16.7. The van der Waals surface area contributed by atoms with E-state index in [0.29, 0.717) is 28.9 Å². The van der Waals surface area contributed by atoms with E-state index in [0.717, 1.165) is 19.3 Å². The van der Waals surface area contributed by atoms with E-state index in [1.54, 1.807) is 48.5 Å². The van der Waals surface area contributed by atoms with Gasteiger partial charge < -0.3 is 10.6 Å². The number of carbonyl (C=O) groups excluding carboxylic acids is 3. The minimum atomic E-state index is -0.290. The summed E-state index contributed by atoms with van der Waals surface area (Å²) >= 11 is 0. The molecule has 1 aliphatic carbocycles. The highest BCUT2D eigenvalue weighted by molar-refractivity contribution is 6.05. The van der Waals surface area contributed by atoms with Gasteiger partial charge >= 0.3 is 0 Å². The molecule has 0 aliphatic heterocycles. The first-order valence-corrected chi connectivity index (χ1v) is 10.0. The van der Waals surface area contributed by atoms with Crippen molar-refractivity contribution in [2.24, 2.45) is 0 Å². The average molecular weight is 390 g/mol. The van der Waals surface area contributed by atoms with Crippen molar-refractivity contribution in [1.29, 1.82) is 0 Å². The highest BCUT2D eigenvalue weighted by Gasteiger charge is 2.11. The lowest BCUT2D eigenvalue weighted by molar-refractivity contribution is 0.0951. The van der Waals surface area contributed by atoms with E-state index in [1.165, 1.54) is 25.3 Å². The molecule has 0 unspecified atom stereocenters. The van der Waals surface area contributed by atoms with Gasteiger partial charge in [0.15, 0.2) is 5.78 Å². The van der Waals surface area contributed by atoms with Crippen LogP contribution in [0.25, 0.3) is 0 Å². The molecule has 3 rings (SSSR count). The summed E-state index contributed by atoms with van der Waals surface area (Å²) in [6, 6.07) is 13.4. The van der Waals surface area contributed by atoms with Crippen LogP contribution in [0.4, 0.5) is 5.69 Å². The molecule has 0 bridgehead atoms. The quantitative estimate of drug-likeness (QED) is 0.529. The number of benzene rings is 2. The molecule has 0 aromatic heterocycles. The first kappa shape index (κ1) is 20.5. The first-order chi connectivity index (χ1) is 14.0. The Balaban J connectivity index is 1.54. The van der Waals surface area contributed by atoms with Gasteiger partial charge in [0.05, 0.1) is 0 Å². The number of Topliss-reactive ketones (excluding diaryl/α,β-unsaturated/α-hetero) is 1. The molecular formula is C24H26N2O3. The molecule has 2 aromatic rings. The molecule has 2 aromatic carbocycles. The third-order valence-corrected chi connectivity index (χ3v) is 5.05. The topological polar surface area (TPSA) is 75.3 Å². The van der Waals surface area contributed by atoms with Crippen molar-refractivity contribution in [1.82, 2.24) is 5.32 Å². The van der Waals surface area contributed by atoms with Crippen LogP contribution in [0.3, 0.4) is 0 Å². The van der Waals surface area contributed by atoms with E-state index in [4.69, 9.17) is 0 Å². The van der Waals surface area contributed by atoms with Crippen LogP contribution in [0.15, 0.2) is 60.2 Å². The summed E-state index contributed by atoms with van der Waals surface area (Å²) in [5.74, 6) is -0.485. The number of ketones is 1. The SMILES string of the molecule is CC(=O)c1cccc(NC(=O)c2ccc(C(=O)NCCC3=CCCCC3)cc2)c1. The number of amides is 2. The molecular weight excluding hydrogens is 364 g/mol. The zero-order valence-electron chi connectivity index (χ0n) is 16.7. The second kappa shape index (κ2) is 9.82. The van der Waals surface area contributed by atoms with Gasteiger partial charge in [-0.05, 0) is 75.4 Å². The van der Waals surface area contributed by atoms with Crippen molar-refractivity contribution in [3.05, 3.63) is 76.9 Å². The van der Waals surface area contributed by atoms with Crippen molar-refractivity contribution < 1.29 is 14.4 Å². The minimum Gasteiger partial charge on any atom is -0.352 e. The Kier molecular flexibility index (Phi) is 6.95. The Hall–Kier alpha value is -3.21. The van der Waals surface area contributed by atoms with Gasteiger partial charge in [-0.1, -0.05) is 23.8 Å². The lowest BCUT2D eigenvalue weighted by Crippen LogP contribution is -2.25. The van der Waals surface area contributed by atoms with Gasteiger partial charge in [0, 0.05) is 28.9 Å². The number of rotatable bonds is 7. The molecule has 5 heteroatoms. The lowest BCUT2D eigenvalue weighted by Gasteiger charge is -2.13. The Labute approximate surface area is 171 Å². The van der Waals surface area contributed by atoms with Crippen LogP contribution < -0.4 is 10.6 Å². The fourth-order valence-corrected chi connectivity index (χ4v) is 3.36. The second-order valence-electron chi connectivity index (χ2n) is 7.28. The summed E-state index contributed by atoms with van der Waals surface area (Å²) in [5, 5.41) is 5.71. The van der Waals surface area contributed by atoms with Crippen molar-refractivity contribution >= 4 is 23.3 Å². The van der Waals surface area contributed by atoms with E-state index >= 15 is 0 Å². The molecule has 0 heterocycles. The summed E-state index contributed by atoms with van der Waals surface area (Å²) < 4.78 is 0. The molecule has 5 nitrogen and oxygen atoms in total. The fraction of sp³-hybridized carbons (Fsp3) is 0.292. The van der Waals surface area contributed by atoms with Gasteiger partial charge in [0.2, 0.25) is 0 Å². The van der Waals surface area contributed by atoms with Crippen LogP contribution in [-0.4, -0.2) is 24.1 Å². The van der Waals surface area contributed by atoms with Crippen molar-refractivity contribution in [3.8, 4) is 0 Å². The highest BCUT2D eigenvalue weighted by atomic mass is 16.2. The van der Waals surface area contributed by atoms with Crippen LogP contribution in [-0.2, 0) is 0 Å². The Morgan fingerprint density at radius 2 is 1.62 bits per heavy atom. The number of anilines is 1. The predicted octanol–water partition coefficient (Wildman–Crippen LogP) is 4.76. The van der Waals surface area contributed by atoms with E-state index in [9.17, 15) is 14.4 Å². The summed E-state index contributed by atoms with van der Waals surface area (Å²) in [4.78, 5) is 36.2. The molecule has 1 aliphatic rings. The molecule has 0 atom stereocenters. The third kappa shape index (κ3) is 5.88. The van der Waals surface area contributed by atoms with Crippen LogP contribution in [0.5, 0.6) is 0 Å². The van der Waals surface area contributed by atoms with Crippen molar-refractivity contribution in [3.63, 3.8) is 0 Å². The maximum Gasteiger partial charge on any atom is 0.255 e. The van der Waals surface area contributed by atoms with E-state index in [-0.39, 0.29) is 17.6 Å². The molecule has 2 amide bonds. The minimum absolute atomic E-state index is 0.0590. The monoisotopic (exact) mass is 390 g/mol. The van der Waals surface area contributed by atoms with Gasteiger partial charge in [-0.25, -0.2) is 0 Å². The second-order valence-corrected chi connectivity index (χ2v) is 7.28. The Morgan fingerprint density at radius 1 is 0.897 bits per heavy atom. The van der Waals surface area contributed by atoms with Crippen molar-refractivity contribution in [2.45, 2.75) is 39.0 Å². The first-order valence-electron chi connectivity index (χ1n) is 10.0. The molecule has 2 N–H and O–H groups in total. The standard InChI is InChI=1S/C24H26N2O3/c1-17(27)21-8-5-9-22(16-21)26-24(29)20-12-10-19(11-13-20)23(28)25-15-14-18-6-3-2-4-7-18/h5-6,8-13,16H,2-4,7,14-15H2,1H3,(H,25,28)(H,26,29). The van der Waals surface area contributed by atoms with Crippen molar-refractivity contribution in [2.75, 3.05) is 11.9 Å². The zero-order chi connectivity index (χ0) is 20.6. The maximum atomic E-state index is 12.4. The maximum absolute atomic E-state index is 12.4. The molecule has 0 spiro atoms. The van der Waals surface area contributed by atoms with Crippen LogP contribution in [0.2, 0.25) is 0 Å². The summed E-state index contributed by atoms with van der Waals surface area (Å²) in [7, 11) is 0. The number of allylic oxidation sites excluding steroid dienone is 1. The molecule has 150 valence electrons. The van der Waals surface area contributed by atoms with Crippen LogP contribution >= 0.6 is 0 Å². The summed E-state index contributed by atoms with van der Waals surface area (Å²) in [5.41, 5.74) is 3.50. The van der Waals surface area contributed by atoms with Gasteiger partial charge in [-0.2, -0.15) is 0 Å². The lowest BCUT2D eigenvalue weighted by atomic mass is 9.97. The largest absolute Gasteiger partial charge is 0.352 e. The van der Waals surface area contributed by atoms with Gasteiger partial charge in [0.1, 0.15) is 0 Å². The molecule has 0 saturated carbocycles. The number of hydrogen-bond acceptors (Lipinski definition) is 3. The molecule has 0 fully saturated rings. The van der Waals surface area contributed by atoms with Gasteiger partial charge in [-0.3, -0.25) is 14.4 Å². The van der Waals surface area contributed by atoms with Gasteiger partial charge in [0.25, 0.3) is 11.8 Å². The molecule has 29 heavy (non-hydrogen) atoms. The fourth-order valence-electron chi connectivity index (χ4n) is 3.36. The Morgan fingerprint density at radius 3 is 2.28 bits per heavy atom. The van der Waals surface area contributed by atoms with E-state index in [2.05, 4.69) is 16.7 Å². The molecule has 0 saturated heterocycles. The smallest absolute Gasteiger partial charge is 0.255 e. The number of hydrogen-bond donors (Lipinski definition) is 2. The average Bonchev–Trinajstić information content (AvgIpc) is 2.74.